The molecule has 154 valence electrons. The van der Waals surface area contributed by atoms with Gasteiger partial charge in [0, 0.05) is 19.2 Å². The summed E-state index contributed by atoms with van der Waals surface area (Å²) in [5, 5.41) is 2.57. The van der Waals surface area contributed by atoms with Crippen LogP contribution in [0.15, 0.2) is 84.3 Å². The third kappa shape index (κ3) is 3.34. The van der Waals surface area contributed by atoms with Gasteiger partial charge < -0.3 is 15.1 Å². The van der Waals surface area contributed by atoms with Crippen molar-refractivity contribution in [3.05, 3.63) is 95.8 Å². The number of halogens is 1. The Kier molecular flexibility index (Phi) is 4.71. The first kappa shape index (κ1) is 19.0. The molecule has 6 nitrogen and oxygen atoms in total. The van der Waals surface area contributed by atoms with Gasteiger partial charge in [-0.15, -0.1) is 0 Å². The lowest BCUT2D eigenvalue weighted by Crippen LogP contribution is -2.40. The van der Waals surface area contributed by atoms with Gasteiger partial charge in [-0.05, 0) is 36.4 Å². The molecule has 3 aromatic rings. The van der Waals surface area contributed by atoms with Crippen LogP contribution in [0.2, 0.25) is 0 Å². The van der Waals surface area contributed by atoms with E-state index in [1.54, 1.807) is 18.3 Å². The van der Waals surface area contributed by atoms with Gasteiger partial charge >= 0.3 is 0 Å². The molecule has 0 atom stereocenters. The summed E-state index contributed by atoms with van der Waals surface area (Å²) in [6, 6.07) is 19.3. The second kappa shape index (κ2) is 7.68. The number of hydrogen-bond acceptors (Lipinski definition) is 5. The number of amides is 1. The van der Waals surface area contributed by atoms with E-state index in [0.29, 0.717) is 18.9 Å². The zero-order chi connectivity index (χ0) is 21.4. The second-order valence-electron chi connectivity index (χ2n) is 7.35. The normalized spacial score (nSPS) is 15.1. The van der Waals surface area contributed by atoms with Crippen LogP contribution in [0.4, 0.5) is 21.5 Å². The smallest absolute Gasteiger partial charge is 0.263 e. The fourth-order valence-corrected chi connectivity index (χ4v) is 4.04. The second-order valence-corrected chi connectivity index (χ2v) is 7.35. The molecule has 1 N–H and O–H groups in total. The number of aromatic nitrogens is 1. The van der Waals surface area contributed by atoms with E-state index in [9.17, 15) is 14.0 Å². The van der Waals surface area contributed by atoms with E-state index in [-0.39, 0.29) is 23.5 Å². The summed E-state index contributed by atoms with van der Waals surface area (Å²) in [5.74, 6) is -0.925. The Hall–Kier alpha value is -4.00. The lowest BCUT2D eigenvalue weighted by molar-refractivity contribution is -0.120. The predicted octanol–water partition coefficient (Wildman–Crippen LogP) is 3.87. The Bertz CT molecular complexity index is 1210. The highest BCUT2D eigenvalue weighted by Gasteiger charge is 2.41. The standard InChI is InChI=1S/C24H19FN4O2/c25-17-8-1-2-9-18(17)27-23(31)22-21(30)12-14-28-19-10-3-4-11-20(19)29(24(22)28)15-16-7-5-6-13-26-16/h1-11,13H,12,14-15H2,(H,27,31). The monoisotopic (exact) mass is 414 g/mol. The zero-order valence-electron chi connectivity index (χ0n) is 16.6. The highest BCUT2D eigenvalue weighted by atomic mass is 19.1. The summed E-state index contributed by atoms with van der Waals surface area (Å²) >= 11 is 0. The Balaban J connectivity index is 1.61. The first-order valence-electron chi connectivity index (χ1n) is 10.0. The predicted molar refractivity (Wildman–Crippen MR) is 116 cm³/mol. The van der Waals surface area contributed by atoms with Gasteiger partial charge in [0.2, 0.25) is 0 Å². The molecule has 0 aliphatic carbocycles. The molecule has 0 fully saturated rings. The van der Waals surface area contributed by atoms with Crippen molar-refractivity contribution < 1.29 is 14.0 Å². The molecular formula is C24H19FN4O2. The lowest BCUT2D eigenvalue weighted by atomic mass is 10.0. The summed E-state index contributed by atoms with van der Waals surface area (Å²) in [5.41, 5.74) is 2.70. The average molecular weight is 414 g/mol. The van der Waals surface area contributed by atoms with Crippen molar-refractivity contribution in [3.63, 3.8) is 0 Å². The number of fused-ring (bicyclic) bond motifs is 3. The fourth-order valence-electron chi connectivity index (χ4n) is 4.04. The largest absolute Gasteiger partial charge is 0.325 e. The van der Waals surface area contributed by atoms with Crippen molar-refractivity contribution in [1.82, 2.24) is 4.98 Å². The summed E-state index contributed by atoms with van der Waals surface area (Å²) in [4.78, 5) is 34.4. The van der Waals surface area contributed by atoms with Gasteiger partial charge in [0.15, 0.2) is 5.78 Å². The molecule has 0 spiro atoms. The molecule has 1 amide bonds. The molecule has 0 bridgehead atoms. The maximum atomic E-state index is 14.1. The maximum absolute atomic E-state index is 14.1. The highest BCUT2D eigenvalue weighted by Crippen LogP contribution is 2.45. The van der Waals surface area contributed by atoms with Crippen LogP contribution in [0, 0.1) is 5.82 Å². The molecule has 2 aliphatic rings. The van der Waals surface area contributed by atoms with Crippen LogP contribution >= 0.6 is 0 Å². The number of carbonyl (C=O) groups is 2. The molecule has 0 radical (unpaired) electrons. The molecule has 0 saturated carbocycles. The van der Waals surface area contributed by atoms with Gasteiger partial charge in [0.1, 0.15) is 17.2 Å². The number of carbonyl (C=O) groups excluding carboxylic acids is 2. The van der Waals surface area contributed by atoms with E-state index in [1.807, 2.05) is 52.3 Å². The molecule has 2 aliphatic heterocycles. The molecule has 5 rings (SSSR count). The number of anilines is 3. The van der Waals surface area contributed by atoms with Crippen molar-refractivity contribution in [2.75, 3.05) is 21.7 Å². The Labute approximate surface area is 178 Å². The minimum Gasteiger partial charge on any atom is -0.325 e. The highest BCUT2D eigenvalue weighted by molar-refractivity contribution is 6.25. The zero-order valence-corrected chi connectivity index (χ0v) is 16.6. The van der Waals surface area contributed by atoms with Crippen LogP contribution in [0.5, 0.6) is 0 Å². The van der Waals surface area contributed by atoms with Crippen molar-refractivity contribution in [2.24, 2.45) is 0 Å². The van der Waals surface area contributed by atoms with Crippen LogP contribution in [0.1, 0.15) is 12.1 Å². The molecule has 1 aromatic heterocycles. The van der Waals surface area contributed by atoms with E-state index in [2.05, 4.69) is 10.3 Å². The topological polar surface area (TPSA) is 65.5 Å². The SMILES string of the molecule is O=C1CCN2C(=C1C(=O)Nc1ccccc1F)N(Cc1ccccn1)c1ccccc12. The number of ketones is 1. The van der Waals surface area contributed by atoms with Gasteiger partial charge in [-0.1, -0.05) is 30.3 Å². The summed E-state index contributed by atoms with van der Waals surface area (Å²) in [6.07, 6.45) is 1.91. The molecule has 31 heavy (non-hydrogen) atoms. The summed E-state index contributed by atoms with van der Waals surface area (Å²) in [6.45, 7) is 0.869. The van der Waals surface area contributed by atoms with Gasteiger partial charge in [0.25, 0.3) is 5.91 Å². The van der Waals surface area contributed by atoms with E-state index in [1.165, 1.54) is 12.1 Å². The molecule has 0 unspecified atom stereocenters. The number of para-hydroxylation sites is 3. The number of hydrogen-bond donors (Lipinski definition) is 1. The number of nitrogens with one attached hydrogen (secondary N) is 1. The van der Waals surface area contributed by atoms with Crippen LogP contribution in [0.25, 0.3) is 0 Å². The third-order valence-corrected chi connectivity index (χ3v) is 5.43. The molecule has 7 heteroatoms. The van der Waals surface area contributed by atoms with Crippen molar-refractivity contribution in [3.8, 4) is 0 Å². The quantitative estimate of drug-likeness (QED) is 0.657. The Morgan fingerprint density at radius 1 is 1.00 bits per heavy atom. The van der Waals surface area contributed by atoms with E-state index >= 15 is 0 Å². The van der Waals surface area contributed by atoms with Crippen molar-refractivity contribution in [1.29, 1.82) is 0 Å². The van der Waals surface area contributed by atoms with Gasteiger partial charge in [-0.2, -0.15) is 0 Å². The fraction of sp³-hybridized carbons (Fsp3) is 0.125. The molecule has 0 saturated heterocycles. The summed E-state index contributed by atoms with van der Waals surface area (Å²) in [7, 11) is 0. The minimum atomic E-state index is -0.617. The lowest BCUT2D eigenvalue weighted by Gasteiger charge is -2.31. The first-order chi connectivity index (χ1) is 15.1. The van der Waals surface area contributed by atoms with Crippen LogP contribution in [-0.4, -0.2) is 23.2 Å². The van der Waals surface area contributed by atoms with Crippen LogP contribution in [0.3, 0.4) is 0 Å². The Morgan fingerprint density at radius 3 is 2.52 bits per heavy atom. The number of rotatable bonds is 4. The van der Waals surface area contributed by atoms with Crippen molar-refractivity contribution in [2.45, 2.75) is 13.0 Å². The Morgan fingerprint density at radius 2 is 1.74 bits per heavy atom. The molecule has 2 aromatic carbocycles. The number of Topliss-reactive ketones (excluding diaryl/α,β-unsaturated/α-hetero) is 1. The van der Waals surface area contributed by atoms with Gasteiger partial charge in [-0.3, -0.25) is 14.6 Å². The van der Waals surface area contributed by atoms with Gasteiger partial charge in [-0.25, -0.2) is 4.39 Å². The van der Waals surface area contributed by atoms with E-state index in [0.717, 1.165) is 17.1 Å². The van der Waals surface area contributed by atoms with Crippen molar-refractivity contribution >= 4 is 28.8 Å². The van der Waals surface area contributed by atoms with Crippen LogP contribution in [-0.2, 0) is 16.1 Å². The average Bonchev–Trinajstić information content (AvgIpc) is 3.09. The van der Waals surface area contributed by atoms with Gasteiger partial charge in [0.05, 0.1) is 29.3 Å². The first-order valence-corrected chi connectivity index (χ1v) is 10.0. The minimum absolute atomic E-state index is 0.0293. The number of pyridine rings is 1. The third-order valence-electron chi connectivity index (χ3n) is 5.43. The maximum Gasteiger partial charge on any atom is 0.263 e. The number of nitrogens with zero attached hydrogens (tertiary/aromatic N) is 3. The molecule has 3 heterocycles. The summed E-state index contributed by atoms with van der Waals surface area (Å²) < 4.78 is 14.1. The number of benzene rings is 2. The van der Waals surface area contributed by atoms with E-state index < -0.39 is 11.7 Å². The molecular weight excluding hydrogens is 395 g/mol. The van der Waals surface area contributed by atoms with Crippen LogP contribution < -0.4 is 15.1 Å². The van der Waals surface area contributed by atoms with E-state index in [4.69, 9.17) is 0 Å².